The Morgan fingerprint density at radius 2 is 2.18 bits per heavy atom. The van der Waals surface area contributed by atoms with Crippen molar-refractivity contribution in [2.45, 2.75) is 27.2 Å². The Morgan fingerprint density at radius 3 is 2.76 bits per heavy atom. The zero-order valence-corrected chi connectivity index (χ0v) is 11.0. The van der Waals surface area contributed by atoms with Crippen LogP contribution in [0.1, 0.15) is 32.0 Å². The lowest BCUT2D eigenvalue weighted by molar-refractivity contribution is 0.287. The minimum atomic E-state index is 0.536. The second-order valence-corrected chi connectivity index (χ2v) is 3.86. The topological polar surface area (TPSA) is 34.1 Å². The fraction of sp³-hybridized carbons (Fsp3) is 0.357. The van der Waals surface area contributed by atoms with Crippen LogP contribution in [0.2, 0.25) is 0 Å². The average molecular weight is 232 g/mol. The number of ether oxygens (including phenoxy) is 1. The maximum Gasteiger partial charge on any atom is 0.185 e. The van der Waals surface area contributed by atoms with Gasteiger partial charge in [0.15, 0.2) is 5.88 Å². The van der Waals surface area contributed by atoms with Gasteiger partial charge in [0, 0.05) is 18.8 Å². The molecule has 0 spiro atoms. The van der Waals surface area contributed by atoms with Gasteiger partial charge < -0.3 is 10.1 Å². The van der Waals surface area contributed by atoms with E-state index in [2.05, 4.69) is 29.9 Å². The van der Waals surface area contributed by atoms with Gasteiger partial charge in [-0.2, -0.15) is 0 Å². The molecular weight excluding hydrogens is 212 g/mol. The molecule has 0 aliphatic carbocycles. The lowest BCUT2D eigenvalue weighted by Crippen LogP contribution is -2.07. The van der Waals surface area contributed by atoms with Crippen molar-refractivity contribution in [1.29, 1.82) is 0 Å². The number of nitrogens with one attached hydrogen (secondary N) is 1. The van der Waals surface area contributed by atoms with E-state index in [0.717, 1.165) is 23.4 Å². The first kappa shape index (κ1) is 13.3. The highest BCUT2D eigenvalue weighted by atomic mass is 16.5. The number of hydrogen-bond donors (Lipinski definition) is 1. The van der Waals surface area contributed by atoms with Crippen LogP contribution in [0, 0.1) is 0 Å². The van der Waals surface area contributed by atoms with Crippen molar-refractivity contribution in [1.82, 2.24) is 10.3 Å². The Morgan fingerprint density at radius 1 is 1.47 bits per heavy atom. The normalized spacial score (nSPS) is 11.8. The van der Waals surface area contributed by atoms with Crippen LogP contribution in [0.4, 0.5) is 0 Å². The summed E-state index contributed by atoms with van der Waals surface area (Å²) in [5.74, 6) is 1.35. The molecule has 0 fully saturated rings. The van der Waals surface area contributed by atoms with Gasteiger partial charge in [-0.3, -0.25) is 4.98 Å². The third-order valence-corrected chi connectivity index (χ3v) is 2.70. The maximum atomic E-state index is 5.52. The molecule has 1 aromatic heterocycles. The molecule has 17 heavy (non-hydrogen) atoms. The lowest BCUT2D eigenvalue weighted by Gasteiger charge is -2.11. The van der Waals surface area contributed by atoms with Crippen molar-refractivity contribution in [3.8, 4) is 0 Å². The predicted molar refractivity (Wildman–Crippen MR) is 71.2 cm³/mol. The monoisotopic (exact) mass is 232 g/mol. The zero-order chi connectivity index (χ0) is 12.8. The molecule has 0 atom stereocenters. The summed E-state index contributed by atoms with van der Waals surface area (Å²) >= 11 is 0. The van der Waals surface area contributed by atoms with Gasteiger partial charge in [-0.05, 0) is 44.5 Å². The Labute approximate surface area is 103 Å². The quantitative estimate of drug-likeness (QED) is 0.792. The summed E-state index contributed by atoms with van der Waals surface area (Å²) in [7, 11) is 1.78. The third kappa shape index (κ3) is 3.63. The van der Waals surface area contributed by atoms with Gasteiger partial charge in [0.25, 0.3) is 0 Å². The molecular formula is C14H20N2O. The highest BCUT2D eigenvalue weighted by Gasteiger charge is 2.05. The lowest BCUT2D eigenvalue weighted by atomic mass is 10.1. The number of allylic oxidation sites excluding steroid dienone is 2. The minimum absolute atomic E-state index is 0.536. The van der Waals surface area contributed by atoms with Crippen LogP contribution < -0.4 is 5.32 Å². The van der Waals surface area contributed by atoms with Gasteiger partial charge in [-0.15, -0.1) is 0 Å². The van der Waals surface area contributed by atoms with Gasteiger partial charge in [-0.25, -0.2) is 0 Å². The van der Waals surface area contributed by atoms with Crippen molar-refractivity contribution in [3.63, 3.8) is 0 Å². The second kappa shape index (κ2) is 6.09. The molecule has 0 aliphatic heterocycles. The summed E-state index contributed by atoms with van der Waals surface area (Å²) in [6.45, 7) is 9.78. The van der Waals surface area contributed by atoms with Gasteiger partial charge >= 0.3 is 0 Å². The van der Waals surface area contributed by atoms with Crippen molar-refractivity contribution in [3.05, 3.63) is 47.8 Å². The number of pyridine rings is 1. The second-order valence-electron chi connectivity index (χ2n) is 3.86. The molecule has 0 saturated heterocycles. The molecule has 0 unspecified atom stereocenters. The van der Waals surface area contributed by atoms with E-state index >= 15 is 0 Å². The molecule has 1 aromatic rings. The molecule has 92 valence electrons. The Balaban J connectivity index is 2.96. The predicted octanol–water partition coefficient (Wildman–Crippen LogP) is 3.10. The summed E-state index contributed by atoms with van der Waals surface area (Å²) in [6, 6.07) is 4.11. The number of nitrogens with zero attached hydrogens (tertiary/aromatic N) is 1. The van der Waals surface area contributed by atoms with Gasteiger partial charge in [-0.1, -0.05) is 6.92 Å². The number of rotatable bonds is 5. The number of hydrogen-bond acceptors (Lipinski definition) is 3. The van der Waals surface area contributed by atoms with Crippen LogP contribution in [0.25, 0.3) is 5.57 Å². The molecule has 3 heteroatoms. The summed E-state index contributed by atoms with van der Waals surface area (Å²) in [6.07, 6.45) is 2.84. The van der Waals surface area contributed by atoms with E-state index in [1.807, 2.05) is 26.1 Å². The summed E-state index contributed by atoms with van der Waals surface area (Å²) in [4.78, 5) is 4.35. The van der Waals surface area contributed by atoms with Crippen LogP contribution in [-0.4, -0.2) is 12.0 Å². The molecule has 0 bridgehead atoms. The molecule has 1 heterocycles. The van der Waals surface area contributed by atoms with E-state index in [1.54, 1.807) is 7.05 Å². The highest BCUT2D eigenvalue weighted by molar-refractivity contribution is 5.62. The average Bonchev–Trinajstić information content (AvgIpc) is 2.37. The Kier molecular flexibility index (Phi) is 4.76. The van der Waals surface area contributed by atoms with Crippen LogP contribution in [0.15, 0.2) is 36.6 Å². The minimum Gasteiger partial charge on any atom is -0.446 e. The third-order valence-electron chi connectivity index (χ3n) is 2.70. The number of aryl methyl sites for hydroxylation is 1. The van der Waals surface area contributed by atoms with Gasteiger partial charge in [0.2, 0.25) is 0 Å². The van der Waals surface area contributed by atoms with E-state index in [1.165, 1.54) is 5.56 Å². The smallest absolute Gasteiger partial charge is 0.185 e. The van der Waals surface area contributed by atoms with E-state index < -0.39 is 0 Å². The largest absolute Gasteiger partial charge is 0.446 e. The summed E-state index contributed by atoms with van der Waals surface area (Å²) < 4.78 is 5.52. The SMILES string of the molecule is C=C(NC)O/C(C)=C(/C)c1cc(CC)ccn1. The van der Waals surface area contributed by atoms with E-state index in [0.29, 0.717) is 5.88 Å². The van der Waals surface area contributed by atoms with Gasteiger partial charge in [0.05, 0.1) is 5.69 Å². The fourth-order valence-electron chi connectivity index (χ4n) is 1.39. The molecule has 0 aromatic carbocycles. The van der Waals surface area contributed by atoms with E-state index in [-0.39, 0.29) is 0 Å². The van der Waals surface area contributed by atoms with Crippen LogP contribution in [-0.2, 0) is 11.2 Å². The van der Waals surface area contributed by atoms with E-state index in [4.69, 9.17) is 4.74 Å². The molecule has 0 radical (unpaired) electrons. The molecule has 0 amide bonds. The van der Waals surface area contributed by atoms with Gasteiger partial charge in [0.1, 0.15) is 5.76 Å². The maximum absolute atomic E-state index is 5.52. The first-order valence-corrected chi connectivity index (χ1v) is 5.75. The molecule has 0 saturated carbocycles. The van der Waals surface area contributed by atoms with Crippen LogP contribution in [0.5, 0.6) is 0 Å². The van der Waals surface area contributed by atoms with Crippen molar-refractivity contribution < 1.29 is 4.74 Å². The zero-order valence-electron chi connectivity index (χ0n) is 11.0. The molecule has 0 aliphatic rings. The van der Waals surface area contributed by atoms with E-state index in [9.17, 15) is 0 Å². The standard InChI is InChI=1S/C14H20N2O/c1-6-13-7-8-16-14(9-13)10(2)11(3)17-12(4)15-5/h7-9,15H,4,6H2,1-3,5H3/b11-10-. The highest BCUT2D eigenvalue weighted by Crippen LogP contribution is 2.19. The first-order chi connectivity index (χ1) is 8.08. The first-order valence-electron chi connectivity index (χ1n) is 5.75. The fourth-order valence-corrected chi connectivity index (χ4v) is 1.39. The molecule has 1 rings (SSSR count). The summed E-state index contributed by atoms with van der Waals surface area (Å²) in [5, 5.41) is 2.85. The molecule has 1 N–H and O–H groups in total. The van der Waals surface area contributed by atoms with Crippen molar-refractivity contribution >= 4 is 5.57 Å². The summed E-state index contributed by atoms with van der Waals surface area (Å²) in [5.41, 5.74) is 3.25. The Bertz CT molecular complexity index is 436. The van der Waals surface area contributed by atoms with Crippen molar-refractivity contribution in [2.75, 3.05) is 7.05 Å². The Hall–Kier alpha value is -1.77. The van der Waals surface area contributed by atoms with Crippen LogP contribution >= 0.6 is 0 Å². The number of aromatic nitrogens is 1. The molecule has 3 nitrogen and oxygen atoms in total. The van der Waals surface area contributed by atoms with Crippen molar-refractivity contribution in [2.24, 2.45) is 0 Å². The van der Waals surface area contributed by atoms with Crippen LogP contribution in [0.3, 0.4) is 0 Å².